The van der Waals surface area contributed by atoms with Crippen molar-refractivity contribution in [3.8, 4) is 0 Å². The molecule has 0 saturated heterocycles. The van der Waals surface area contributed by atoms with Crippen LogP contribution in [0, 0.1) is 5.82 Å². The summed E-state index contributed by atoms with van der Waals surface area (Å²) in [5.74, 6) is -0.980. The lowest BCUT2D eigenvalue weighted by Crippen LogP contribution is -2.13. The maximum Gasteiger partial charge on any atom is 0.416 e. The molecule has 1 nitrogen and oxygen atoms in total. The SMILES string of the molecule is NC(C=S)c1cc(F)cc(C(F)(F)F)c1. The maximum atomic E-state index is 12.9. The largest absolute Gasteiger partial charge is 0.416 e. The number of hydrogen-bond donors (Lipinski definition) is 1. The summed E-state index contributed by atoms with van der Waals surface area (Å²) >= 11 is 4.48. The Bertz CT molecular complexity index is 375. The van der Waals surface area contributed by atoms with E-state index in [1.807, 2.05) is 0 Å². The molecule has 1 unspecified atom stereocenters. The molecular weight excluding hydrogens is 230 g/mol. The van der Waals surface area contributed by atoms with Crippen molar-refractivity contribution >= 4 is 17.6 Å². The number of hydrogen-bond acceptors (Lipinski definition) is 2. The number of benzene rings is 1. The van der Waals surface area contributed by atoms with Gasteiger partial charge in [-0.25, -0.2) is 4.39 Å². The van der Waals surface area contributed by atoms with E-state index in [1.165, 1.54) is 0 Å². The van der Waals surface area contributed by atoms with E-state index in [4.69, 9.17) is 5.73 Å². The lowest BCUT2D eigenvalue weighted by molar-refractivity contribution is -0.137. The molecule has 0 aliphatic rings. The second-order valence-corrected chi connectivity index (χ2v) is 3.21. The van der Waals surface area contributed by atoms with E-state index in [9.17, 15) is 17.6 Å². The highest BCUT2D eigenvalue weighted by molar-refractivity contribution is 7.79. The summed E-state index contributed by atoms with van der Waals surface area (Å²) in [4.78, 5) is 0. The van der Waals surface area contributed by atoms with Gasteiger partial charge in [-0.05, 0) is 23.8 Å². The zero-order valence-corrected chi connectivity index (χ0v) is 8.20. The van der Waals surface area contributed by atoms with Gasteiger partial charge in [-0.15, -0.1) is 0 Å². The van der Waals surface area contributed by atoms with Gasteiger partial charge in [0.1, 0.15) is 5.82 Å². The first-order chi connectivity index (χ1) is 6.84. The average Bonchev–Trinajstić information content (AvgIpc) is 2.14. The van der Waals surface area contributed by atoms with E-state index in [2.05, 4.69) is 12.2 Å². The summed E-state index contributed by atoms with van der Waals surface area (Å²) in [6, 6.07) is 1.26. The molecule has 1 atom stereocenters. The zero-order chi connectivity index (χ0) is 11.6. The molecule has 1 aromatic rings. The third-order valence-electron chi connectivity index (χ3n) is 1.78. The third-order valence-corrected chi connectivity index (χ3v) is 2.07. The molecule has 0 aromatic heterocycles. The summed E-state index contributed by atoms with van der Waals surface area (Å²) < 4.78 is 49.7. The van der Waals surface area contributed by atoms with E-state index in [0.717, 1.165) is 17.5 Å². The molecule has 15 heavy (non-hydrogen) atoms. The van der Waals surface area contributed by atoms with Crippen molar-refractivity contribution in [1.82, 2.24) is 0 Å². The Morgan fingerprint density at radius 3 is 2.33 bits per heavy atom. The predicted molar refractivity (Wildman–Crippen MR) is 52.0 cm³/mol. The summed E-state index contributed by atoms with van der Waals surface area (Å²) in [5.41, 5.74) is 4.33. The van der Waals surface area contributed by atoms with Crippen LogP contribution in [0.1, 0.15) is 17.2 Å². The monoisotopic (exact) mass is 237 g/mol. The summed E-state index contributed by atoms with van der Waals surface area (Å²) in [6.07, 6.45) is -4.59. The first-order valence-electron chi connectivity index (χ1n) is 3.93. The predicted octanol–water partition coefficient (Wildman–Crippen LogP) is 2.84. The molecule has 6 heteroatoms. The van der Waals surface area contributed by atoms with Crippen molar-refractivity contribution in [3.05, 3.63) is 35.1 Å². The highest BCUT2D eigenvalue weighted by atomic mass is 32.1. The van der Waals surface area contributed by atoms with Crippen LogP contribution in [0.5, 0.6) is 0 Å². The number of alkyl halides is 3. The van der Waals surface area contributed by atoms with Gasteiger partial charge in [0.2, 0.25) is 0 Å². The molecule has 2 N–H and O–H groups in total. The van der Waals surface area contributed by atoms with Gasteiger partial charge in [0, 0.05) is 5.37 Å². The van der Waals surface area contributed by atoms with Gasteiger partial charge >= 0.3 is 6.18 Å². The van der Waals surface area contributed by atoms with Crippen molar-refractivity contribution in [2.24, 2.45) is 5.73 Å². The topological polar surface area (TPSA) is 26.0 Å². The molecular formula is C9H7F4NS. The second-order valence-electron chi connectivity index (χ2n) is 2.93. The highest BCUT2D eigenvalue weighted by Crippen LogP contribution is 2.31. The molecule has 0 spiro atoms. The van der Waals surface area contributed by atoms with Crippen LogP contribution in [-0.2, 0) is 6.18 Å². The Balaban J connectivity index is 3.22. The van der Waals surface area contributed by atoms with Gasteiger partial charge in [-0.3, -0.25) is 0 Å². The summed E-state index contributed by atoms with van der Waals surface area (Å²) in [6.45, 7) is 0. The molecule has 0 heterocycles. The first kappa shape index (κ1) is 12.1. The van der Waals surface area contributed by atoms with E-state index >= 15 is 0 Å². The lowest BCUT2D eigenvalue weighted by atomic mass is 10.1. The normalized spacial score (nSPS) is 13.7. The molecule has 0 saturated carbocycles. The molecule has 0 amide bonds. The summed E-state index contributed by atoms with van der Waals surface area (Å²) in [5, 5.41) is 1.08. The molecule has 1 aromatic carbocycles. The number of thiocarbonyl (C=S) groups is 1. The van der Waals surface area contributed by atoms with Crippen LogP contribution in [0.15, 0.2) is 18.2 Å². The van der Waals surface area contributed by atoms with E-state index in [1.54, 1.807) is 0 Å². The second kappa shape index (κ2) is 4.24. The van der Waals surface area contributed by atoms with Crippen molar-refractivity contribution in [3.63, 3.8) is 0 Å². The Kier molecular flexibility index (Phi) is 3.41. The van der Waals surface area contributed by atoms with Gasteiger partial charge in [0.05, 0.1) is 11.6 Å². The third kappa shape index (κ3) is 2.97. The maximum absolute atomic E-state index is 12.9. The van der Waals surface area contributed by atoms with Crippen LogP contribution in [0.3, 0.4) is 0 Å². The van der Waals surface area contributed by atoms with Crippen LogP contribution < -0.4 is 5.73 Å². The van der Waals surface area contributed by atoms with Crippen molar-refractivity contribution in [2.45, 2.75) is 12.2 Å². The molecule has 1 rings (SSSR count). The first-order valence-corrected chi connectivity index (χ1v) is 4.40. The van der Waals surface area contributed by atoms with Crippen LogP contribution in [0.25, 0.3) is 0 Å². The van der Waals surface area contributed by atoms with Gasteiger partial charge in [0.15, 0.2) is 0 Å². The molecule has 0 fully saturated rings. The minimum Gasteiger partial charge on any atom is -0.320 e. The average molecular weight is 237 g/mol. The van der Waals surface area contributed by atoms with E-state index in [-0.39, 0.29) is 5.56 Å². The number of rotatable bonds is 2. The Hall–Kier alpha value is -1.01. The van der Waals surface area contributed by atoms with Gasteiger partial charge in [0.25, 0.3) is 0 Å². The molecule has 0 aliphatic carbocycles. The molecule has 0 radical (unpaired) electrons. The fourth-order valence-electron chi connectivity index (χ4n) is 1.05. The number of halogens is 4. The summed E-state index contributed by atoms with van der Waals surface area (Å²) in [7, 11) is 0. The molecule has 0 bridgehead atoms. The fourth-order valence-corrected chi connectivity index (χ4v) is 1.20. The van der Waals surface area contributed by atoms with Crippen molar-refractivity contribution in [1.29, 1.82) is 0 Å². The number of nitrogens with two attached hydrogens (primary N) is 1. The minimum absolute atomic E-state index is 0.0114. The Morgan fingerprint density at radius 2 is 1.87 bits per heavy atom. The molecule has 82 valence electrons. The van der Waals surface area contributed by atoms with E-state index < -0.39 is 23.6 Å². The van der Waals surface area contributed by atoms with Crippen LogP contribution in [0.2, 0.25) is 0 Å². The molecule has 0 aliphatic heterocycles. The van der Waals surface area contributed by atoms with Crippen LogP contribution >= 0.6 is 12.2 Å². The fraction of sp³-hybridized carbons (Fsp3) is 0.222. The Morgan fingerprint density at radius 1 is 1.27 bits per heavy atom. The van der Waals surface area contributed by atoms with Crippen molar-refractivity contribution < 1.29 is 17.6 Å². The lowest BCUT2D eigenvalue weighted by Gasteiger charge is -2.11. The van der Waals surface area contributed by atoms with Crippen LogP contribution in [0.4, 0.5) is 17.6 Å². The van der Waals surface area contributed by atoms with Crippen molar-refractivity contribution in [2.75, 3.05) is 0 Å². The van der Waals surface area contributed by atoms with Gasteiger partial charge < -0.3 is 5.73 Å². The van der Waals surface area contributed by atoms with E-state index in [0.29, 0.717) is 6.07 Å². The quantitative estimate of drug-likeness (QED) is 0.632. The van der Waals surface area contributed by atoms with Gasteiger partial charge in [-0.2, -0.15) is 13.2 Å². The zero-order valence-electron chi connectivity index (χ0n) is 7.38. The van der Waals surface area contributed by atoms with Gasteiger partial charge in [-0.1, -0.05) is 12.2 Å². The smallest absolute Gasteiger partial charge is 0.320 e. The Labute approximate surface area is 88.9 Å². The van der Waals surface area contributed by atoms with Crippen LogP contribution in [-0.4, -0.2) is 5.37 Å². The standard InChI is InChI=1S/C9H7F4NS/c10-7-2-5(8(14)4-15)1-6(3-7)9(11,12)13/h1-4,8H,14H2. The minimum atomic E-state index is -4.59. The highest BCUT2D eigenvalue weighted by Gasteiger charge is 2.31.